The van der Waals surface area contributed by atoms with Crippen molar-refractivity contribution in [3.8, 4) is 0 Å². The van der Waals surface area contributed by atoms with E-state index in [4.69, 9.17) is 0 Å². The highest BCUT2D eigenvalue weighted by Gasteiger charge is 2.17. The second-order valence-electron chi connectivity index (χ2n) is 6.10. The fraction of sp³-hybridized carbons (Fsp3) is 0.0952. The van der Waals surface area contributed by atoms with Crippen molar-refractivity contribution >= 4 is 21.6 Å². The van der Waals surface area contributed by atoms with E-state index < -0.39 is 21.7 Å². The van der Waals surface area contributed by atoms with Crippen LogP contribution < -0.4 is 10.0 Å². The van der Waals surface area contributed by atoms with E-state index in [1.165, 1.54) is 12.1 Å². The van der Waals surface area contributed by atoms with E-state index in [0.717, 1.165) is 11.6 Å². The van der Waals surface area contributed by atoms with Crippen LogP contribution in [0.5, 0.6) is 0 Å². The molecule has 0 bridgehead atoms. The Kier molecular flexibility index (Phi) is 6.18. The average Bonchev–Trinajstić information content (AvgIpc) is 2.70. The Hall–Kier alpha value is -3.03. The predicted molar refractivity (Wildman–Crippen MR) is 106 cm³/mol. The molecule has 0 heterocycles. The Morgan fingerprint density at radius 3 is 2.18 bits per heavy atom. The van der Waals surface area contributed by atoms with Crippen molar-refractivity contribution in [2.45, 2.75) is 11.3 Å². The number of rotatable bonds is 7. The van der Waals surface area contributed by atoms with Gasteiger partial charge in [-0.2, -0.15) is 0 Å². The van der Waals surface area contributed by atoms with Gasteiger partial charge in [0.1, 0.15) is 5.82 Å². The summed E-state index contributed by atoms with van der Waals surface area (Å²) in [6.07, 6.45) is 0.522. The summed E-state index contributed by atoms with van der Waals surface area (Å²) in [5.41, 5.74) is 1.29. The lowest BCUT2D eigenvalue weighted by atomic mass is 10.2. The normalized spacial score (nSPS) is 11.2. The van der Waals surface area contributed by atoms with Crippen molar-refractivity contribution in [2.24, 2.45) is 0 Å². The van der Waals surface area contributed by atoms with Gasteiger partial charge >= 0.3 is 0 Å². The maximum absolute atomic E-state index is 14.3. The van der Waals surface area contributed by atoms with E-state index >= 15 is 0 Å². The molecule has 0 aromatic heterocycles. The van der Waals surface area contributed by atoms with Gasteiger partial charge < -0.3 is 5.32 Å². The molecule has 3 aromatic rings. The standard InChI is InChI=1S/C21H19FN2O3S/c22-19-15-18(28(26,27)23-14-13-16-7-3-1-4-8-16)11-12-20(19)24-21(25)17-9-5-2-6-10-17/h1-12,15,23H,13-14H2,(H,24,25). The molecule has 0 aliphatic rings. The summed E-state index contributed by atoms with van der Waals surface area (Å²) in [6.45, 7) is 0.195. The molecule has 0 atom stereocenters. The fourth-order valence-corrected chi connectivity index (χ4v) is 3.65. The molecule has 3 aromatic carbocycles. The molecule has 0 unspecified atom stereocenters. The van der Waals surface area contributed by atoms with Crippen molar-refractivity contribution in [3.05, 3.63) is 95.8 Å². The second kappa shape index (κ2) is 8.77. The van der Waals surface area contributed by atoms with Crippen LogP contribution in [0.15, 0.2) is 83.8 Å². The topological polar surface area (TPSA) is 75.3 Å². The summed E-state index contributed by atoms with van der Waals surface area (Å²) in [6, 6.07) is 21.2. The van der Waals surface area contributed by atoms with Gasteiger partial charge in [-0.05, 0) is 42.3 Å². The van der Waals surface area contributed by atoms with Crippen molar-refractivity contribution in [3.63, 3.8) is 0 Å². The molecule has 3 rings (SSSR count). The number of hydrogen-bond donors (Lipinski definition) is 2. The quantitative estimate of drug-likeness (QED) is 0.639. The molecule has 1 amide bonds. The minimum atomic E-state index is -3.85. The zero-order chi connectivity index (χ0) is 20.0. The summed E-state index contributed by atoms with van der Waals surface area (Å²) in [4.78, 5) is 11.9. The first kappa shape index (κ1) is 19.7. The van der Waals surface area contributed by atoms with Crippen LogP contribution in [0, 0.1) is 5.82 Å². The van der Waals surface area contributed by atoms with Gasteiger partial charge in [0.05, 0.1) is 10.6 Å². The highest BCUT2D eigenvalue weighted by molar-refractivity contribution is 7.89. The van der Waals surface area contributed by atoms with Crippen molar-refractivity contribution in [2.75, 3.05) is 11.9 Å². The highest BCUT2D eigenvalue weighted by atomic mass is 32.2. The Morgan fingerprint density at radius 2 is 1.54 bits per heavy atom. The van der Waals surface area contributed by atoms with Crippen LogP contribution in [-0.2, 0) is 16.4 Å². The minimum absolute atomic E-state index is 0.0860. The molecule has 5 nitrogen and oxygen atoms in total. The fourth-order valence-electron chi connectivity index (χ4n) is 2.61. The van der Waals surface area contributed by atoms with Gasteiger partial charge in [-0.3, -0.25) is 4.79 Å². The maximum Gasteiger partial charge on any atom is 0.255 e. The summed E-state index contributed by atoms with van der Waals surface area (Å²) in [5.74, 6) is -1.30. The number of carbonyl (C=O) groups is 1. The van der Waals surface area contributed by atoms with Gasteiger partial charge in [-0.1, -0.05) is 48.5 Å². The summed E-state index contributed by atoms with van der Waals surface area (Å²) < 4.78 is 41.5. The van der Waals surface area contributed by atoms with Crippen molar-refractivity contribution in [1.82, 2.24) is 4.72 Å². The zero-order valence-corrected chi connectivity index (χ0v) is 15.7. The number of benzene rings is 3. The first-order valence-corrected chi connectivity index (χ1v) is 10.1. The van der Waals surface area contributed by atoms with Gasteiger partial charge in [0, 0.05) is 12.1 Å². The number of sulfonamides is 1. The maximum atomic E-state index is 14.3. The van der Waals surface area contributed by atoms with Gasteiger partial charge in [0.25, 0.3) is 5.91 Å². The molecule has 7 heteroatoms. The van der Waals surface area contributed by atoms with Gasteiger partial charge in [0.2, 0.25) is 10.0 Å². The van der Waals surface area contributed by atoms with Crippen LogP contribution >= 0.6 is 0 Å². The van der Waals surface area contributed by atoms with Crippen LogP contribution in [0.2, 0.25) is 0 Å². The van der Waals surface area contributed by atoms with E-state index in [1.807, 2.05) is 30.3 Å². The Balaban J connectivity index is 1.66. The number of nitrogens with one attached hydrogen (secondary N) is 2. The van der Waals surface area contributed by atoms with Crippen molar-refractivity contribution < 1.29 is 17.6 Å². The Morgan fingerprint density at radius 1 is 0.893 bits per heavy atom. The molecule has 0 saturated heterocycles. The monoisotopic (exact) mass is 398 g/mol. The molecular weight excluding hydrogens is 379 g/mol. The molecule has 144 valence electrons. The minimum Gasteiger partial charge on any atom is -0.319 e. The lowest BCUT2D eigenvalue weighted by molar-refractivity contribution is 0.102. The second-order valence-corrected chi connectivity index (χ2v) is 7.86. The van der Waals surface area contributed by atoms with Crippen LogP contribution in [0.4, 0.5) is 10.1 Å². The number of carbonyl (C=O) groups excluding carboxylic acids is 1. The molecule has 0 radical (unpaired) electrons. The first-order chi connectivity index (χ1) is 13.5. The van der Waals surface area contributed by atoms with E-state index in [-0.39, 0.29) is 17.1 Å². The lowest BCUT2D eigenvalue weighted by Crippen LogP contribution is -2.26. The largest absolute Gasteiger partial charge is 0.319 e. The van der Waals surface area contributed by atoms with E-state index in [2.05, 4.69) is 10.0 Å². The SMILES string of the molecule is O=C(Nc1ccc(S(=O)(=O)NCCc2ccccc2)cc1F)c1ccccc1. The number of anilines is 1. The number of hydrogen-bond acceptors (Lipinski definition) is 3. The smallest absolute Gasteiger partial charge is 0.255 e. The van der Waals surface area contributed by atoms with Crippen LogP contribution in [0.1, 0.15) is 15.9 Å². The van der Waals surface area contributed by atoms with E-state index in [9.17, 15) is 17.6 Å². The van der Waals surface area contributed by atoms with Gasteiger partial charge in [-0.15, -0.1) is 0 Å². The van der Waals surface area contributed by atoms with E-state index in [1.54, 1.807) is 30.3 Å². The highest BCUT2D eigenvalue weighted by Crippen LogP contribution is 2.20. The van der Waals surface area contributed by atoms with Crippen LogP contribution in [0.25, 0.3) is 0 Å². The van der Waals surface area contributed by atoms with E-state index in [0.29, 0.717) is 12.0 Å². The summed E-state index contributed by atoms with van der Waals surface area (Å²) >= 11 is 0. The van der Waals surface area contributed by atoms with Gasteiger partial charge in [0.15, 0.2) is 0 Å². The summed E-state index contributed by atoms with van der Waals surface area (Å²) in [7, 11) is -3.85. The summed E-state index contributed by atoms with van der Waals surface area (Å²) in [5, 5.41) is 2.44. The Labute approximate surface area is 163 Å². The molecule has 28 heavy (non-hydrogen) atoms. The molecule has 0 fully saturated rings. The molecule has 0 aliphatic heterocycles. The first-order valence-electron chi connectivity index (χ1n) is 8.65. The molecular formula is C21H19FN2O3S. The zero-order valence-electron chi connectivity index (χ0n) is 14.9. The molecule has 2 N–H and O–H groups in total. The molecule has 0 spiro atoms. The molecule has 0 aliphatic carbocycles. The third-order valence-corrected chi connectivity index (χ3v) is 5.54. The predicted octanol–water partition coefficient (Wildman–Crippen LogP) is 3.60. The van der Waals surface area contributed by atoms with Gasteiger partial charge in [-0.25, -0.2) is 17.5 Å². The van der Waals surface area contributed by atoms with Crippen molar-refractivity contribution in [1.29, 1.82) is 0 Å². The average molecular weight is 398 g/mol. The van der Waals surface area contributed by atoms with Crippen LogP contribution in [-0.4, -0.2) is 20.9 Å². The van der Waals surface area contributed by atoms with Crippen LogP contribution in [0.3, 0.4) is 0 Å². The third-order valence-electron chi connectivity index (χ3n) is 4.08. The lowest BCUT2D eigenvalue weighted by Gasteiger charge is -2.10. The number of halogens is 1. The molecule has 0 saturated carbocycles. The third kappa shape index (κ3) is 5.03. The number of amides is 1. The Bertz CT molecular complexity index is 1060.